The van der Waals surface area contributed by atoms with Crippen molar-refractivity contribution in [1.82, 2.24) is 10.6 Å². The molecule has 0 aliphatic heterocycles. The number of hydrogen-bond donors (Lipinski definition) is 3. The van der Waals surface area contributed by atoms with Gasteiger partial charge in [0, 0.05) is 29.7 Å². The lowest BCUT2D eigenvalue weighted by Crippen LogP contribution is -2.55. The molecule has 45 heavy (non-hydrogen) atoms. The number of nitrogens with one attached hydrogen (secondary N) is 3. The number of benzene rings is 3. The molecular formula is C34H34F6N3PS. The molecule has 0 aromatic heterocycles. The fraction of sp³-hybridized carbons (Fsp3) is 0.324. The molecule has 0 spiro atoms. The lowest BCUT2D eigenvalue weighted by atomic mass is 9.89. The van der Waals surface area contributed by atoms with Crippen LogP contribution in [0.3, 0.4) is 0 Å². The van der Waals surface area contributed by atoms with Crippen LogP contribution in [0.15, 0.2) is 102 Å². The SMILES string of the molecule is C[C@@H](N[C@H]1CCCC[C@@H]1NC(=S)Nc1cc(C(F)(F)F)cc(C(F)(F)F)c1)[C@@H]1C=CC=C1P(c1ccccc1)c1ccccc1. The summed E-state index contributed by atoms with van der Waals surface area (Å²) in [4.78, 5) is 0. The predicted octanol–water partition coefficient (Wildman–Crippen LogP) is 8.50. The molecule has 0 bridgehead atoms. The number of allylic oxidation sites excluding steroid dienone is 2. The van der Waals surface area contributed by atoms with Crippen LogP contribution < -0.4 is 26.6 Å². The van der Waals surface area contributed by atoms with Crippen LogP contribution in [0.1, 0.15) is 43.7 Å². The van der Waals surface area contributed by atoms with E-state index in [2.05, 4.69) is 89.6 Å². The van der Waals surface area contributed by atoms with E-state index in [0.717, 1.165) is 25.7 Å². The van der Waals surface area contributed by atoms with Crippen molar-refractivity contribution in [1.29, 1.82) is 0 Å². The molecule has 3 aromatic carbocycles. The number of alkyl halides is 6. The van der Waals surface area contributed by atoms with Crippen LogP contribution in [-0.4, -0.2) is 23.2 Å². The van der Waals surface area contributed by atoms with Crippen LogP contribution >= 0.6 is 20.1 Å². The number of halogens is 6. The Bertz CT molecular complexity index is 1450. The zero-order valence-electron chi connectivity index (χ0n) is 24.5. The minimum absolute atomic E-state index is 0.00401. The van der Waals surface area contributed by atoms with Crippen molar-refractivity contribution in [2.45, 2.75) is 63.1 Å². The lowest BCUT2D eigenvalue weighted by molar-refractivity contribution is -0.143. The Kier molecular flexibility index (Phi) is 10.4. The molecule has 0 amide bonds. The summed E-state index contributed by atoms with van der Waals surface area (Å²) in [5, 5.41) is 13.4. The molecular weight excluding hydrogens is 627 g/mol. The van der Waals surface area contributed by atoms with Crippen LogP contribution in [0, 0.1) is 5.92 Å². The molecule has 3 aromatic rings. The summed E-state index contributed by atoms with van der Waals surface area (Å²) in [6.07, 6.45) is 0.201. The van der Waals surface area contributed by atoms with Gasteiger partial charge < -0.3 is 16.0 Å². The molecule has 3 N–H and O–H groups in total. The van der Waals surface area contributed by atoms with E-state index < -0.39 is 31.4 Å². The van der Waals surface area contributed by atoms with Crippen molar-refractivity contribution in [2.24, 2.45) is 5.92 Å². The average molecular weight is 662 g/mol. The summed E-state index contributed by atoms with van der Waals surface area (Å²) < 4.78 is 80.1. The molecule has 0 unspecified atom stereocenters. The van der Waals surface area contributed by atoms with Crippen LogP contribution in [0.4, 0.5) is 32.0 Å². The highest BCUT2D eigenvalue weighted by Gasteiger charge is 2.37. The van der Waals surface area contributed by atoms with Gasteiger partial charge in [-0.1, -0.05) is 91.7 Å². The summed E-state index contributed by atoms with van der Waals surface area (Å²) >= 11 is 5.40. The molecule has 11 heteroatoms. The van der Waals surface area contributed by atoms with Gasteiger partial charge in [-0.25, -0.2) is 0 Å². The van der Waals surface area contributed by atoms with E-state index in [9.17, 15) is 26.3 Å². The van der Waals surface area contributed by atoms with Crippen molar-refractivity contribution >= 4 is 41.5 Å². The first-order chi connectivity index (χ1) is 21.4. The Balaban J connectivity index is 1.30. The molecule has 2 aliphatic rings. The minimum Gasteiger partial charge on any atom is -0.358 e. The molecule has 238 valence electrons. The minimum atomic E-state index is -4.94. The van der Waals surface area contributed by atoms with Gasteiger partial charge in [-0.2, -0.15) is 26.3 Å². The second kappa shape index (κ2) is 14.1. The number of anilines is 1. The third-order valence-corrected chi connectivity index (χ3v) is 11.0. The number of hydrogen-bond acceptors (Lipinski definition) is 2. The molecule has 2 aliphatic carbocycles. The second-order valence-electron chi connectivity index (χ2n) is 11.4. The third-order valence-electron chi connectivity index (χ3n) is 8.16. The summed E-state index contributed by atoms with van der Waals surface area (Å²) in [5.74, 6) is 0.134. The van der Waals surface area contributed by atoms with Gasteiger partial charge in [0.2, 0.25) is 0 Å². The largest absolute Gasteiger partial charge is 0.416 e. The number of rotatable bonds is 8. The zero-order valence-corrected chi connectivity index (χ0v) is 26.2. The van der Waals surface area contributed by atoms with Gasteiger partial charge in [-0.05, 0) is 74.0 Å². The van der Waals surface area contributed by atoms with E-state index in [1.54, 1.807) is 0 Å². The maximum atomic E-state index is 13.4. The predicted molar refractivity (Wildman–Crippen MR) is 174 cm³/mol. The normalized spacial score (nSPS) is 21.0. The standard InChI is InChI=1S/C34H34F6N3PS/c1-22(28-15-10-18-31(28)44(26-11-4-2-5-12-26)27-13-6-3-7-14-27)41-29-16-8-9-17-30(29)43-32(45)42-25-20-23(33(35,36)37)19-24(21-25)34(38,39)40/h2-7,10-15,18-22,28-30,41H,8-9,16-17H2,1H3,(H2,42,43,45)/t22-,28+,29+,30+/m1/s1. The summed E-state index contributed by atoms with van der Waals surface area (Å²) in [6, 6.07) is 22.2. The molecule has 3 nitrogen and oxygen atoms in total. The van der Waals surface area contributed by atoms with Gasteiger partial charge in [0.15, 0.2) is 5.11 Å². The fourth-order valence-corrected chi connectivity index (χ4v) is 8.99. The van der Waals surface area contributed by atoms with E-state index >= 15 is 0 Å². The molecule has 5 rings (SSSR count). The maximum Gasteiger partial charge on any atom is 0.416 e. The first-order valence-corrected chi connectivity index (χ1v) is 16.6. The van der Waals surface area contributed by atoms with Crippen LogP contribution in [0.5, 0.6) is 0 Å². The van der Waals surface area contributed by atoms with Gasteiger partial charge >= 0.3 is 12.4 Å². The van der Waals surface area contributed by atoms with Crippen molar-refractivity contribution in [2.75, 3.05) is 5.32 Å². The molecule has 0 heterocycles. The fourth-order valence-electron chi connectivity index (χ4n) is 6.04. The van der Waals surface area contributed by atoms with Gasteiger partial charge in [0.05, 0.1) is 11.1 Å². The van der Waals surface area contributed by atoms with Crippen molar-refractivity contribution in [3.8, 4) is 0 Å². The van der Waals surface area contributed by atoms with Crippen LogP contribution in [0.2, 0.25) is 0 Å². The van der Waals surface area contributed by atoms with E-state index in [1.165, 1.54) is 15.9 Å². The Hall–Kier alpha value is -3.20. The van der Waals surface area contributed by atoms with Crippen molar-refractivity contribution in [3.05, 3.63) is 114 Å². The first kappa shape index (κ1) is 33.2. The highest BCUT2D eigenvalue weighted by molar-refractivity contribution is 7.80. The first-order valence-electron chi connectivity index (χ1n) is 14.8. The van der Waals surface area contributed by atoms with Crippen molar-refractivity contribution in [3.63, 3.8) is 0 Å². The Morgan fingerprint density at radius 2 is 1.33 bits per heavy atom. The average Bonchev–Trinajstić information content (AvgIpc) is 3.48. The third kappa shape index (κ3) is 8.34. The maximum absolute atomic E-state index is 13.4. The van der Waals surface area contributed by atoms with Gasteiger partial charge in [0.1, 0.15) is 0 Å². The highest BCUT2D eigenvalue weighted by atomic mass is 32.1. The Morgan fingerprint density at radius 1 is 0.800 bits per heavy atom. The molecule has 0 saturated heterocycles. The topological polar surface area (TPSA) is 36.1 Å². The Morgan fingerprint density at radius 3 is 1.87 bits per heavy atom. The van der Waals surface area contributed by atoms with Gasteiger partial charge in [-0.15, -0.1) is 0 Å². The second-order valence-corrected chi connectivity index (χ2v) is 14.0. The molecule has 1 fully saturated rings. The molecule has 1 saturated carbocycles. The van der Waals surface area contributed by atoms with E-state index in [0.29, 0.717) is 12.1 Å². The van der Waals surface area contributed by atoms with Crippen molar-refractivity contribution < 1.29 is 26.3 Å². The summed E-state index contributed by atoms with van der Waals surface area (Å²) in [6.45, 7) is 2.15. The van der Waals surface area contributed by atoms with Gasteiger partial charge in [-0.3, -0.25) is 0 Å². The molecule has 0 radical (unpaired) electrons. The Labute approximate surface area is 265 Å². The smallest absolute Gasteiger partial charge is 0.358 e. The van der Waals surface area contributed by atoms with E-state index in [-0.39, 0.29) is 40.9 Å². The van der Waals surface area contributed by atoms with Gasteiger partial charge in [0.25, 0.3) is 0 Å². The molecule has 4 atom stereocenters. The van der Waals surface area contributed by atoms with E-state index in [1.807, 2.05) is 12.1 Å². The summed E-state index contributed by atoms with van der Waals surface area (Å²) in [7, 11) is -0.771. The lowest BCUT2D eigenvalue weighted by Gasteiger charge is -2.38. The highest BCUT2D eigenvalue weighted by Crippen LogP contribution is 2.50. The zero-order chi connectivity index (χ0) is 32.2. The number of thiocarbonyl (C=S) groups is 1. The van der Waals surface area contributed by atoms with Crippen LogP contribution in [-0.2, 0) is 12.4 Å². The monoisotopic (exact) mass is 661 g/mol. The van der Waals surface area contributed by atoms with Crippen LogP contribution in [0.25, 0.3) is 0 Å². The summed E-state index contributed by atoms with van der Waals surface area (Å²) in [5.41, 5.74) is -3.16. The van der Waals surface area contributed by atoms with E-state index in [4.69, 9.17) is 12.2 Å². The quantitative estimate of drug-likeness (QED) is 0.129.